The van der Waals surface area contributed by atoms with E-state index in [2.05, 4.69) is 4.98 Å². The van der Waals surface area contributed by atoms with E-state index in [1.807, 2.05) is 42.8 Å². The number of benzene rings is 1. The first-order valence-corrected chi connectivity index (χ1v) is 9.61. The van der Waals surface area contributed by atoms with Gasteiger partial charge in [-0.15, -0.1) is 11.3 Å². The van der Waals surface area contributed by atoms with Crippen LogP contribution in [0.15, 0.2) is 29.6 Å². The standard InChI is InChI=1S/C15H18N2O4S2/c1-4-23(19,20)17-14(18)13-9-22-15(16-13)11-5-7-12(8-6-11)21-10(2)3/h5-10H,4H2,1-3H3,(H,17,18). The minimum atomic E-state index is -3.59. The first kappa shape index (κ1) is 17.4. The van der Waals surface area contributed by atoms with Gasteiger partial charge in [-0.3, -0.25) is 4.79 Å². The van der Waals surface area contributed by atoms with Crippen LogP contribution in [0.1, 0.15) is 31.3 Å². The first-order chi connectivity index (χ1) is 10.8. The molecule has 0 bridgehead atoms. The number of ether oxygens (including phenoxy) is 1. The number of hydrogen-bond donors (Lipinski definition) is 1. The van der Waals surface area contributed by atoms with Gasteiger partial charge in [0.2, 0.25) is 10.0 Å². The van der Waals surface area contributed by atoms with Gasteiger partial charge in [-0.1, -0.05) is 0 Å². The van der Waals surface area contributed by atoms with E-state index in [4.69, 9.17) is 4.74 Å². The fourth-order valence-corrected chi connectivity index (χ4v) is 3.06. The largest absolute Gasteiger partial charge is 0.491 e. The number of aromatic nitrogens is 1. The molecule has 0 aliphatic rings. The van der Waals surface area contributed by atoms with Crippen LogP contribution in [0.5, 0.6) is 5.75 Å². The van der Waals surface area contributed by atoms with E-state index in [1.165, 1.54) is 23.6 Å². The molecule has 124 valence electrons. The van der Waals surface area contributed by atoms with Crippen LogP contribution in [0.2, 0.25) is 0 Å². The van der Waals surface area contributed by atoms with Gasteiger partial charge in [-0.25, -0.2) is 18.1 Å². The summed E-state index contributed by atoms with van der Waals surface area (Å²) < 4.78 is 30.4. The zero-order chi connectivity index (χ0) is 17.0. The predicted octanol–water partition coefficient (Wildman–Crippen LogP) is 2.68. The van der Waals surface area contributed by atoms with Crippen LogP contribution in [-0.4, -0.2) is 31.2 Å². The Bertz CT molecular complexity index is 780. The maximum Gasteiger partial charge on any atom is 0.284 e. The van der Waals surface area contributed by atoms with Crippen molar-refractivity contribution in [1.29, 1.82) is 0 Å². The fourth-order valence-electron chi connectivity index (χ4n) is 1.72. The molecule has 0 spiro atoms. The number of hydrogen-bond acceptors (Lipinski definition) is 6. The predicted molar refractivity (Wildman–Crippen MR) is 90.2 cm³/mol. The van der Waals surface area contributed by atoms with Crippen LogP contribution in [0.25, 0.3) is 10.6 Å². The second kappa shape index (κ2) is 7.10. The third-order valence-corrected chi connectivity index (χ3v) is 4.99. The Kier molecular flexibility index (Phi) is 5.38. The van der Waals surface area contributed by atoms with E-state index < -0.39 is 15.9 Å². The van der Waals surface area contributed by atoms with Crippen molar-refractivity contribution in [3.63, 3.8) is 0 Å². The molecule has 0 atom stereocenters. The lowest BCUT2D eigenvalue weighted by molar-refractivity contribution is 0.0977. The van der Waals surface area contributed by atoms with E-state index in [9.17, 15) is 13.2 Å². The quantitative estimate of drug-likeness (QED) is 0.862. The highest BCUT2D eigenvalue weighted by atomic mass is 32.2. The molecule has 1 aromatic heterocycles. The number of carbonyl (C=O) groups is 1. The molecule has 1 heterocycles. The van der Waals surface area contributed by atoms with E-state index in [1.54, 1.807) is 0 Å². The second-order valence-corrected chi connectivity index (χ2v) is 7.93. The summed E-state index contributed by atoms with van der Waals surface area (Å²) in [5.41, 5.74) is 0.924. The number of amides is 1. The minimum absolute atomic E-state index is 0.0875. The average molecular weight is 354 g/mol. The zero-order valence-corrected chi connectivity index (χ0v) is 14.7. The van der Waals surface area contributed by atoms with Crippen molar-refractivity contribution >= 4 is 27.3 Å². The highest BCUT2D eigenvalue weighted by Gasteiger charge is 2.17. The molecule has 2 rings (SSSR count). The molecule has 0 unspecified atom stereocenters. The van der Waals surface area contributed by atoms with Gasteiger partial charge >= 0.3 is 0 Å². The number of nitrogens with zero attached hydrogens (tertiary/aromatic N) is 1. The molecule has 0 saturated carbocycles. The van der Waals surface area contributed by atoms with Crippen LogP contribution in [0.3, 0.4) is 0 Å². The number of sulfonamides is 1. The van der Waals surface area contributed by atoms with Crippen molar-refractivity contribution < 1.29 is 17.9 Å². The summed E-state index contributed by atoms with van der Waals surface area (Å²) in [6.07, 6.45) is 0.0940. The molecule has 2 aromatic rings. The van der Waals surface area contributed by atoms with Gasteiger partial charge in [0.05, 0.1) is 11.9 Å². The van der Waals surface area contributed by atoms with Crippen LogP contribution < -0.4 is 9.46 Å². The number of thiazole rings is 1. The van der Waals surface area contributed by atoms with E-state index >= 15 is 0 Å². The molecule has 0 fully saturated rings. The summed E-state index contributed by atoms with van der Waals surface area (Å²) in [6, 6.07) is 7.36. The number of rotatable bonds is 6. The van der Waals surface area contributed by atoms with Gasteiger partial charge in [-0.05, 0) is 45.0 Å². The van der Waals surface area contributed by atoms with E-state index in [-0.39, 0.29) is 17.6 Å². The Morgan fingerprint density at radius 2 is 1.96 bits per heavy atom. The monoisotopic (exact) mass is 354 g/mol. The Morgan fingerprint density at radius 1 is 1.30 bits per heavy atom. The van der Waals surface area contributed by atoms with Crippen molar-refractivity contribution in [2.45, 2.75) is 26.9 Å². The third-order valence-electron chi connectivity index (χ3n) is 2.84. The molecule has 0 radical (unpaired) electrons. The molecule has 6 nitrogen and oxygen atoms in total. The fraction of sp³-hybridized carbons (Fsp3) is 0.333. The van der Waals surface area contributed by atoms with Crippen molar-refractivity contribution in [1.82, 2.24) is 9.71 Å². The van der Waals surface area contributed by atoms with Crippen LogP contribution >= 0.6 is 11.3 Å². The van der Waals surface area contributed by atoms with Gasteiger partial charge < -0.3 is 4.74 Å². The summed E-state index contributed by atoms with van der Waals surface area (Å²) in [6.45, 7) is 5.36. The number of nitrogens with one attached hydrogen (secondary N) is 1. The number of carbonyl (C=O) groups excluding carboxylic acids is 1. The normalized spacial score (nSPS) is 11.5. The SMILES string of the molecule is CCS(=O)(=O)NC(=O)c1csc(-c2ccc(OC(C)C)cc2)n1. The lowest BCUT2D eigenvalue weighted by Crippen LogP contribution is -2.31. The lowest BCUT2D eigenvalue weighted by Gasteiger charge is -2.09. The van der Waals surface area contributed by atoms with Gasteiger partial charge in [0.1, 0.15) is 16.5 Å². The van der Waals surface area contributed by atoms with Gasteiger partial charge in [0, 0.05) is 10.9 Å². The molecule has 0 aliphatic heterocycles. The van der Waals surface area contributed by atoms with Crippen molar-refractivity contribution in [3.8, 4) is 16.3 Å². The van der Waals surface area contributed by atoms with Gasteiger partial charge in [-0.2, -0.15) is 0 Å². The Labute approximate surface area is 139 Å². The third kappa shape index (κ3) is 4.77. The summed E-state index contributed by atoms with van der Waals surface area (Å²) in [5.74, 6) is -0.117. The second-order valence-electron chi connectivity index (χ2n) is 5.06. The Balaban J connectivity index is 2.14. The molecule has 8 heteroatoms. The Hall–Kier alpha value is -1.93. The summed E-state index contributed by atoms with van der Waals surface area (Å²) >= 11 is 1.28. The molecule has 1 amide bonds. The van der Waals surface area contributed by atoms with Gasteiger partial charge in [0.15, 0.2) is 0 Å². The van der Waals surface area contributed by atoms with Crippen LogP contribution in [-0.2, 0) is 10.0 Å². The molecule has 0 aliphatic carbocycles. The first-order valence-electron chi connectivity index (χ1n) is 7.08. The summed E-state index contributed by atoms with van der Waals surface area (Å²) in [7, 11) is -3.59. The maximum absolute atomic E-state index is 11.9. The molecule has 0 saturated heterocycles. The highest BCUT2D eigenvalue weighted by Crippen LogP contribution is 2.26. The molecular formula is C15H18N2O4S2. The maximum atomic E-state index is 11.9. The average Bonchev–Trinajstić information content (AvgIpc) is 2.97. The van der Waals surface area contributed by atoms with Crippen LogP contribution in [0, 0.1) is 0 Å². The molecule has 23 heavy (non-hydrogen) atoms. The van der Waals surface area contributed by atoms with Gasteiger partial charge in [0.25, 0.3) is 5.91 Å². The zero-order valence-electron chi connectivity index (χ0n) is 13.1. The van der Waals surface area contributed by atoms with Crippen LogP contribution in [0.4, 0.5) is 0 Å². The van der Waals surface area contributed by atoms with Crippen molar-refractivity contribution in [2.75, 3.05) is 5.75 Å². The van der Waals surface area contributed by atoms with E-state index in [0.29, 0.717) is 5.01 Å². The summed E-state index contributed by atoms with van der Waals surface area (Å²) in [4.78, 5) is 16.1. The smallest absolute Gasteiger partial charge is 0.284 e. The minimum Gasteiger partial charge on any atom is -0.491 e. The molecule has 1 N–H and O–H groups in total. The highest BCUT2D eigenvalue weighted by molar-refractivity contribution is 7.90. The molecule has 1 aromatic carbocycles. The van der Waals surface area contributed by atoms with Crippen molar-refractivity contribution in [2.24, 2.45) is 0 Å². The lowest BCUT2D eigenvalue weighted by atomic mass is 10.2. The molecular weight excluding hydrogens is 336 g/mol. The van der Waals surface area contributed by atoms with Crippen molar-refractivity contribution in [3.05, 3.63) is 35.3 Å². The Morgan fingerprint density at radius 3 is 2.52 bits per heavy atom. The van der Waals surface area contributed by atoms with E-state index in [0.717, 1.165) is 11.3 Å². The topological polar surface area (TPSA) is 85.4 Å². The summed E-state index contributed by atoms with van der Waals surface area (Å²) in [5, 5.41) is 2.18.